The number of hydrogen-bond acceptors (Lipinski definition) is 7. The van der Waals surface area contributed by atoms with Crippen molar-refractivity contribution in [2.24, 2.45) is 0 Å². The predicted molar refractivity (Wildman–Crippen MR) is 87.2 cm³/mol. The average Bonchev–Trinajstić information content (AvgIpc) is 3.13. The molecule has 146 valence electrons. The van der Waals surface area contributed by atoms with Crippen molar-refractivity contribution in [3.05, 3.63) is 59.0 Å². The molecule has 0 spiro atoms. The number of aromatic carboxylic acids is 4. The third-order valence-corrected chi connectivity index (χ3v) is 2.51. The fourth-order valence-corrected chi connectivity index (χ4v) is 1.32. The first-order chi connectivity index (χ1) is 12.6. The van der Waals surface area contributed by atoms with Crippen molar-refractivity contribution in [2.45, 2.75) is 0 Å². The maximum atomic E-state index is 10.3. The minimum absolute atomic E-state index is 0.0833. The molecule has 0 radical (unpaired) electrons. The van der Waals surface area contributed by atoms with Gasteiger partial charge < -0.3 is 35.1 Å². The summed E-state index contributed by atoms with van der Waals surface area (Å²) < 4.78 is 4.41. The fraction of sp³-hybridized carbons (Fsp3) is 0.125. The highest BCUT2D eigenvalue weighted by Crippen LogP contribution is 2.07. The van der Waals surface area contributed by atoms with E-state index in [4.69, 9.17) is 30.6 Å². The van der Waals surface area contributed by atoms with Crippen LogP contribution in [0.5, 0.6) is 0 Å². The quantitative estimate of drug-likeness (QED) is 0.424. The number of benzene rings is 1. The maximum absolute atomic E-state index is 10.3. The highest BCUT2D eigenvalue weighted by Gasteiger charge is 2.12. The zero-order chi connectivity index (χ0) is 21.0. The van der Waals surface area contributed by atoms with Crippen molar-refractivity contribution in [3.8, 4) is 0 Å². The molecule has 0 amide bonds. The van der Waals surface area contributed by atoms with Gasteiger partial charge in [0, 0.05) is 0 Å². The SMILES string of the molecule is O=C(O)c1ccc(C(=O)O)cc1.O=C(O)c1ccc(C(=O)O)o1.OCCO. The molecular formula is C16H16O11. The maximum Gasteiger partial charge on any atom is 0.371 e. The lowest BCUT2D eigenvalue weighted by Crippen LogP contribution is -1.99. The molecule has 0 aliphatic heterocycles. The number of carbonyl (C=O) groups is 4. The Morgan fingerprint density at radius 3 is 1.04 bits per heavy atom. The highest BCUT2D eigenvalue weighted by atomic mass is 16.4. The van der Waals surface area contributed by atoms with Gasteiger partial charge >= 0.3 is 23.9 Å². The van der Waals surface area contributed by atoms with Crippen molar-refractivity contribution in [2.75, 3.05) is 13.2 Å². The summed E-state index contributed by atoms with van der Waals surface area (Å²) in [5.41, 5.74) is 0.167. The van der Waals surface area contributed by atoms with E-state index in [0.29, 0.717) is 0 Å². The van der Waals surface area contributed by atoms with Crippen LogP contribution in [0, 0.1) is 0 Å². The van der Waals surface area contributed by atoms with Crippen LogP contribution in [0.2, 0.25) is 0 Å². The van der Waals surface area contributed by atoms with Crippen LogP contribution in [0.3, 0.4) is 0 Å². The number of carboxylic acids is 4. The lowest BCUT2D eigenvalue weighted by Gasteiger charge is -1.94. The summed E-state index contributed by atoms with van der Waals surface area (Å²) in [6, 6.07) is 7.20. The van der Waals surface area contributed by atoms with Crippen LogP contribution in [0.15, 0.2) is 40.8 Å². The molecule has 0 saturated carbocycles. The first-order valence-corrected chi connectivity index (χ1v) is 6.98. The van der Waals surface area contributed by atoms with E-state index in [1.54, 1.807) is 0 Å². The number of carboxylic acid groups (broad SMARTS) is 4. The van der Waals surface area contributed by atoms with E-state index in [-0.39, 0.29) is 35.9 Å². The molecule has 1 aromatic carbocycles. The Bertz CT molecular complexity index is 710. The normalized spacial score (nSPS) is 9.11. The highest BCUT2D eigenvalue weighted by molar-refractivity contribution is 5.91. The van der Waals surface area contributed by atoms with Gasteiger partial charge in [-0.3, -0.25) is 0 Å². The van der Waals surface area contributed by atoms with Crippen LogP contribution >= 0.6 is 0 Å². The van der Waals surface area contributed by atoms with E-state index in [2.05, 4.69) is 4.42 Å². The number of aliphatic hydroxyl groups is 2. The van der Waals surface area contributed by atoms with Crippen LogP contribution < -0.4 is 0 Å². The van der Waals surface area contributed by atoms with Gasteiger partial charge in [-0.1, -0.05) is 0 Å². The van der Waals surface area contributed by atoms with E-state index < -0.39 is 23.9 Å². The molecule has 0 bridgehead atoms. The molecule has 2 aromatic rings. The zero-order valence-electron chi connectivity index (χ0n) is 13.6. The smallest absolute Gasteiger partial charge is 0.371 e. The molecule has 0 saturated heterocycles. The Labute approximate surface area is 151 Å². The Morgan fingerprint density at radius 2 is 0.889 bits per heavy atom. The van der Waals surface area contributed by atoms with Gasteiger partial charge in [0.05, 0.1) is 24.3 Å². The molecule has 0 aliphatic rings. The van der Waals surface area contributed by atoms with Crippen LogP contribution in [0.25, 0.3) is 0 Å². The Balaban J connectivity index is 0.000000421. The molecule has 6 N–H and O–H groups in total. The largest absolute Gasteiger partial charge is 0.478 e. The summed E-state index contributed by atoms with van der Waals surface area (Å²) in [4.78, 5) is 41.0. The first kappa shape index (κ1) is 23.3. The topological polar surface area (TPSA) is 203 Å². The zero-order valence-corrected chi connectivity index (χ0v) is 13.6. The van der Waals surface area contributed by atoms with E-state index in [0.717, 1.165) is 12.1 Å². The Hall–Kier alpha value is -3.70. The lowest BCUT2D eigenvalue weighted by molar-refractivity contribution is 0.0627. The number of aliphatic hydroxyl groups excluding tert-OH is 2. The van der Waals surface area contributed by atoms with Gasteiger partial charge in [-0.15, -0.1) is 0 Å². The fourth-order valence-electron chi connectivity index (χ4n) is 1.32. The Kier molecular flexibility index (Phi) is 10.2. The third kappa shape index (κ3) is 8.81. The van der Waals surface area contributed by atoms with E-state index in [9.17, 15) is 19.2 Å². The summed E-state index contributed by atoms with van der Waals surface area (Å²) in [6.07, 6.45) is 0. The third-order valence-electron chi connectivity index (χ3n) is 2.51. The standard InChI is InChI=1S/C8H6O4.C6H4O5.C2H6O2/c9-7(10)5-1-2-6(4-3-5)8(11)12;7-5(8)3-1-2-4(11-3)6(9)10;3-1-2-4/h1-4H,(H,9,10)(H,11,12);1-2H,(H,7,8)(H,9,10);3-4H,1-2H2. The van der Waals surface area contributed by atoms with Crippen LogP contribution in [-0.2, 0) is 0 Å². The minimum atomic E-state index is -1.28. The number of rotatable bonds is 5. The molecule has 2 rings (SSSR count). The van der Waals surface area contributed by atoms with Gasteiger partial charge in [-0.05, 0) is 36.4 Å². The van der Waals surface area contributed by atoms with Crippen molar-refractivity contribution >= 4 is 23.9 Å². The number of hydrogen-bond donors (Lipinski definition) is 6. The molecule has 27 heavy (non-hydrogen) atoms. The summed E-state index contributed by atoms with van der Waals surface area (Å²) >= 11 is 0. The van der Waals surface area contributed by atoms with Crippen molar-refractivity contribution < 1.29 is 54.2 Å². The van der Waals surface area contributed by atoms with Crippen LogP contribution in [0.4, 0.5) is 0 Å². The van der Waals surface area contributed by atoms with Gasteiger partial charge in [0.25, 0.3) is 0 Å². The molecule has 0 aliphatic carbocycles. The molecule has 0 unspecified atom stereocenters. The monoisotopic (exact) mass is 384 g/mol. The molecule has 0 fully saturated rings. The van der Waals surface area contributed by atoms with Gasteiger partial charge in [0.1, 0.15) is 0 Å². The molecular weight excluding hydrogens is 368 g/mol. The summed E-state index contributed by atoms with van der Waals surface area (Å²) in [5.74, 6) is -5.43. The molecule has 11 nitrogen and oxygen atoms in total. The van der Waals surface area contributed by atoms with Gasteiger partial charge in [0.2, 0.25) is 11.5 Å². The Morgan fingerprint density at radius 1 is 0.593 bits per heavy atom. The average molecular weight is 384 g/mol. The second kappa shape index (κ2) is 11.8. The lowest BCUT2D eigenvalue weighted by atomic mass is 10.1. The van der Waals surface area contributed by atoms with Crippen molar-refractivity contribution in [3.63, 3.8) is 0 Å². The van der Waals surface area contributed by atoms with Crippen LogP contribution in [0.1, 0.15) is 41.8 Å². The predicted octanol–water partition coefficient (Wildman–Crippen LogP) is 0.730. The van der Waals surface area contributed by atoms with E-state index >= 15 is 0 Å². The summed E-state index contributed by atoms with van der Waals surface area (Å²) in [7, 11) is 0. The molecule has 1 heterocycles. The molecule has 11 heteroatoms. The van der Waals surface area contributed by atoms with Gasteiger partial charge in [-0.25, -0.2) is 19.2 Å². The van der Waals surface area contributed by atoms with E-state index in [1.165, 1.54) is 24.3 Å². The summed E-state index contributed by atoms with van der Waals surface area (Å²) in [6.45, 7) is -0.250. The summed E-state index contributed by atoms with van der Waals surface area (Å²) in [5, 5.41) is 48.8. The van der Waals surface area contributed by atoms with Gasteiger partial charge in [0.15, 0.2) is 0 Å². The number of furan rings is 1. The minimum Gasteiger partial charge on any atom is -0.478 e. The van der Waals surface area contributed by atoms with Crippen molar-refractivity contribution in [1.82, 2.24) is 0 Å². The first-order valence-electron chi connectivity index (χ1n) is 6.98. The molecule has 0 atom stereocenters. The van der Waals surface area contributed by atoms with E-state index in [1.807, 2.05) is 0 Å². The van der Waals surface area contributed by atoms with Crippen molar-refractivity contribution in [1.29, 1.82) is 0 Å². The molecule has 1 aromatic heterocycles. The second-order valence-electron chi connectivity index (χ2n) is 4.41. The van der Waals surface area contributed by atoms with Crippen LogP contribution in [-0.4, -0.2) is 67.7 Å². The van der Waals surface area contributed by atoms with Gasteiger partial charge in [-0.2, -0.15) is 0 Å². The second-order valence-corrected chi connectivity index (χ2v) is 4.41.